The standard InChI is InChI=1S/C10H9F3N6O2/c1-14-9-16-5(10(11,12)13)3-6(17-9)19-4-15-7(18-19)8(20)21-2/h3-4H,1-2H3,(H,14,16,17). The Morgan fingerprint density at radius 2 is 2.10 bits per heavy atom. The Morgan fingerprint density at radius 3 is 2.67 bits per heavy atom. The SMILES string of the molecule is CNc1nc(-n2cnc(C(=O)OC)n2)cc(C(F)(F)F)n1. The maximum atomic E-state index is 12.8. The Hall–Kier alpha value is -2.72. The highest BCUT2D eigenvalue weighted by Gasteiger charge is 2.34. The second kappa shape index (κ2) is 5.34. The lowest BCUT2D eigenvalue weighted by atomic mass is 10.4. The molecular formula is C10H9F3N6O2. The summed E-state index contributed by atoms with van der Waals surface area (Å²) >= 11 is 0. The van der Waals surface area contributed by atoms with Crippen molar-refractivity contribution >= 4 is 11.9 Å². The second-order valence-electron chi connectivity index (χ2n) is 3.69. The van der Waals surface area contributed by atoms with Crippen molar-refractivity contribution in [3.8, 4) is 5.82 Å². The van der Waals surface area contributed by atoms with Gasteiger partial charge < -0.3 is 10.1 Å². The van der Waals surface area contributed by atoms with Gasteiger partial charge in [-0.1, -0.05) is 0 Å². The quantitative estimate of drug-likeness (QED) is 0.842. The fourth-order valence-corrected chi connectivity index (χ4v) is 1.37. The van der Waals surface area contributed by atoms with Gasteiger partial charge in [0.1, 0.15) is 6.33 Å². The average Bonchev–Trinajstić information content (AvgIpc) is 2.94. The number of anilines is 1. The molecule has 2 aromatic heterocycles. The molecule has 0 aromatic carbocycles. The van der Waals surface area contributed by atoms with Gasteiger partial charge in [-0.15, -0.1) is 5.10 Å². The van der Waals surface area contributed by atoms with Crippen LogP contribution in [0, 0.1) is 0 Å². The molecule has 0 aliphatic heterocycles. The highest BCUT2D eigenvalue weighted by molar-refractivity contribution is 5.84. The van der Waals surface area contributed by atoms with Crippen molar-refractivity contribution in [2.45, 2.75) is 6.18 Å². The molecule has 0 aliphatic carbocycles. The Morgan fingerprint density at radius 1 is 1.38 bits per heavy atom. The van der Waals surface area contributed by atoms with Gasteiger partial charge in [0.25, 0.3) is 5.82 Å². The minimum Gasteiger partial charge on any atom is -0.463 e. The van der Waals surface area contributed by atoms with Crippen LogP contribution in [0.1, 0.15) is 16.3 Å². The first-order valence-electron chi connectivity index (χ1n) is 5.49. The number of carbonyl (C=O) groups is 1. The van der Waals surface area contributed by atoms with Gasteiger partial charge in [0.05, 0.1) is 7.11 Å². The number of hydrogen-bond donors (Lipinski definition) is 1. The molecule has 0 spiro atoms. The number of alkyl halides is 3. The Labute approximate surface area is 116 Å². The average molecular weight is 302 g/mol. The minimum absolute atomic E-state index is 0.190. The number of halogens is 3. The number of carbonyl (C=O) groups excluding carboxylic acids is 1. The van der Waals surface area contributed by atoms with E-state index >= 15 is 0 Å². The molecule has 1 N–H and O–H groups in total. The third-order valence-corrected chi connectivity index (χ3v) is 2.32. The molecule has 0 fully saturated rings. The van der Waals surface area contributed by atoms with Crippen molar-refractivity contribution in [3.05, 3.63) is 23.9 Å². The van der Waals surface area contributed by atoms with E-state index in [9.17, 15) is 18.0 Å². The molecule has 2 aromatic rings. The van der Waals surface area contributed by atoms with Gasteiger partial charge in [0.2, 0.25) is 5.95 Å². The maximum Gasteiger partial charge on any atom is 0.433 e. The molecule has 0 aliphatic rings. The lowest BCUT2D eigenvalue weighted by Gasteiger charge is -2.09. The normalized spacial score (nSPS) is 11.3. The summed E-state index contributed by atoms with van der Waals surface area (Å²) in [6.45, 7) is 0. The molecule has 0 atom stereocenters. The van der Waals surface area contributed by atoms with Gasteiger partial charge in [0, 0.05) is 13.1 Å². The van der Waals surface area contributed by atoms with Crippen LogP contribution in [0.5, 0.6) is 0 Å². The van der Waals surface area contributed by atoms with E-state index in [1.165, 1.54) is 7.05 Å². The summed E-state index contributed by atoms with van der Waals surface area (Å²) in [6.07, 6.45) is -3.59. The number of rotatable bonds is 3. The van der Waals surface area contributed by atoms with Crippen LogP contribution in [-0.4, -0.2) is 44.9 Å². The number of nitrogens with zero attached hydrogens (tertiary/aromatic N) is 5. The fraction of sp³-hybridized carbons (Fsp3) is 0.300. The number of ether oxygens (including phenoxy) is 1. The lowest BCUT2D eigenvalue weighted by molar-refractivity contribution is -0.141. The van der Waals surface area contributed by atoms with Crippen molar-refractivity contribution in [2.75, 3.05) is 19.5 Å². The molecule has 2 rings (SSSR count). The van der Waals surface area contributed by atoms with Crippen LogP contribution in [0.25, 0.3) is 5.82 Å². The first-order valence-corrected chi connectivity index (χ1v) is 5.49. The topological polar surface area (TPSA) is 94.8 Å². The number of esters is 1. The van der Waals surface area contributed by atoms with E-state index in [0.29, 0.717) is 6.07 Å². The summed E-state index contributed by atoms with van der Waals surface area (Å²) in [5.74, 6) is -1.54. The summed E-state index contributed by atoms with van der Waals surface area (Å²) < 4.78 is 43.6. The predicted octanol–water partition coefficient (Wildman–Crippen LogP) is 0.904. The van der Waals surface area contributed by atoms with Crippen LogP contribution < -0.4 is 5.32 Å². The Balaban J connectivity index is 2.48. The molecule has 0 amide bonds. The molecule has 0 saturated heterocycles. The van der Waals surface area contributed by atoms with Crippen LogP contribution in [0.2, 0.25) is 0 Å². The monoisotopic (exact) mass is 302 g/mol. The molecule has 0 unspecified atom stereocenters. The van der Waals surface area contributed by atoms with E-state index in [1.807, 2.05) is 0 Å². The van der Waals surface area contributed by atoms with E-state index in [1.54, 1.807) is 0 Å². The number of aromatic nitrogens is 5. The minimum atomic E-state index is -4.64. The number of nitrogens with one attached hydrogen (secondary N) is 1. The van der Waals surface area contributed by atoms with Crippen molar-refractivity contribution in [1.29, 1.82) is 0 Å². The van der Waals surface area contributed by atoms with E-state index in [0.717, 1.165) is 18.1 Å². The van der Waals surface area contributed by atoms with Crippen LogP contribution in [-0.2, 0) is 10.9 Å². The number of methoxy groups -OCH3 is 1. The van der Waals surface area contributed by atoms with Crippen LogP contribution in [0.3, 0.4) is 0 Å². The molecule has 112 valence electrons. The highest BCUT2D eigenvalue weighted by atomic mass is 19.4. The summed E-state index contributed by atoms with van der Waals surface area (Å²) in [5, 5.41) is 6.11. The van der Waals surface area contributed by atoms with Crippen molar-refractivity contribution < 1.29 is 22.7 Å². The van der Waals surface area contributed by atoms with Gasteiger partial charge in [0.15, 0.2) is 11.5 Å². The summed E-state index contributed by atoms with van der Waals surface area (Å²) in [7, 11) is 2.51. The largest absolute Gasteiger partial charge is 0.463 e. The molecule has 11 heteroatoms. The first kappa shape index (κ1) is 14.7. The summed E-state index contributed by atoms with van der Waals surface area (Å²) in [6, 6.07) is 0.691. The second-order valence-corrected chi connectivity index (χ2v) is 3.69. The zero-order valence-electron chi connectivity index (χ0n) is 10.8. The molecule has 0 saturated carbocycles. The van der Waals surface area contributed by atoms with Crippen LogP contribution in [0.15, 0.2) is 12.4 Å². The predicted molar refractivity (Wildman–Crippen MR) is 62.8 cm³/mol. The van der Waals surface area contributed by atoms with E-state index in [-0.39, 0.29) is 17.6 Å². The van der Waals surface area contributed by atoms with Crippen molar-refractivity contribution in [3.63, 3.8) is 0 Å². The third kappa shape index (κ3) is 3.07. The summed E-state index contributed by atoms with van der Waals surface area (Å²) in [5.41, 5.74) is -1.15. The van der Waals surface area contributed by atoms with Crippen molar-refractivity contribution in [1.82, 2.24) is 24.7 Å². The van der Waals surface area contributed by atoms with Gasteiger partial charge in [-0.05, 0) is 0 Å². The van der Waals surface area contributed by atoms with E-state index in [2.05, 4.69) is 30.1 Å². The zero-order valence-corrected chi connectivity index (χ0v) is 10.8. The zero-order chi connectivity index (χ0) is 15.6. The van der Waals surface area contributed by atoms with Gasteiger partial charge >= 0.3 is 12.1 Å². The van der Waals surface area contributed by atoms with Crippen molar-refractivity contribution in [2.24, 2.45) is 0 Å². The highest BCUT2D eigenvalue weighted by Crippen LogP contribution is 2.29. The molecule has 21 heavy (non-hydrogen) atoms. The molecule has 8 nitrogen and oxygen atoms in total. The van der Waals surface area contributed by atoms with Gasteiger partial charge in [-0.3, -0.25) is 0 Å². The lowest BCUT2D eigenvalue weighted by Crippen LogP contribution is -2.13. The van der Waals surface area contributed by atoms with Crippen LogP contribution in [0.4, 0.5) is 19.1 Å². The summed E-state index contributed by atoms with van der Waals surface area (Å²) in [4.78, 5) is 22.0. The third-order valence-electron chi connectivity index (χ3n) is 2.32. The molecule has 2 heterocycles. The smallest absolute Gasteiger partial charge is 0.433 e. The van der Waals surface area contributed by atoms with E-state index < -0.39 is 17.8 Å². The maximum absolute atomic E-state index is 12.8. The van der Waals surface area contributed by atoms with E-state index in [4.69, 9.17) is 0 Å². The Kier molecular flexibility index (Phi) is 3.74. The van der Waals surface area contributed by atoms with Gasteiger partial charge in [-0.2, -0.15) is 18.2 Å². The molecular weight excluding hydrogens is 293 g/mol. The molecule has 0 radical (unpaired) electrons. The van der Waals surface area contributed by atoms with Gasteiger partial charge in [-0.25, -0.2) is 19.4 Å². The molecule has 0 bridgehead atoms. The van der Waals surface area contributed by atoms with Crippen LogP contribution >= 0.6 is 0 Å². The first-order chi connectivity index (χ1) is 9.85. The fourth-order valence-electron chi connectivity index (χ4n) is 1.37. The number of hydrogen-bond acceptors (Lipinski definition) is 7. The Bertz CT molecular complexity index is 669.